The average Bonchev–Trinajstić information content (AvgIpc) is 2.77. The van der Waals surface area contributed by atoms with Crippen LogP contribution in [0, 0.1) is 50.2 Å². The van der Waals surface area contributed by atoms with Crippen molar-refractivity contribution in [2.24, 2.45) is 50.2 Å². The van der Waals surface area contributed by atoms with E-state index in [0.717, 1.165) is 32.1 Å². The molecule has 0 aliphatic heterocycles. The molecular weight excluding hydrogens is 420 g/mol. The van der Waals surface area contributed by atoms with Crippen LogP contribution < -0.4 is 0 Å². The Hall–Kier alpha value is -0.830. The summed E-state index contributed by atoms with van der Waals surface area (Å²) in [5.41, 5.74) is 2.39. The molecule has 0 bridgehead atoms. The maximum Gasteiger partial charge on any atom is 0.311 e. The molecule has 0 saturated heterocycles. The zero-order chi connectivity index (χ0) is 24.9. The zero-order valence-corrected chi connectivity index (χ0v) is 23.2. The van der Waals surface area contributed by atoms with Gasteiger partial charge in [0.25, 0.3) is 0 Å². The van der Waals surface area contributed by atoms with E-state index in [0.29, 0.717) is 23.2 Å². The maximum atomic E-state index is 12.8. The number of carbonyl (C=O) groups is 1. The Kier molecular flexibility index (Phi) is 5.38. The van der Waals surface area contributed by atoms with Crippen LogP contribution in [0.2, 0.25) is 0 Å². The average molecular weight is 471 g/mol. The number of allylic oxidation sites excluding steroid dienone is 2. The Morgan fingerprint density at radius 1 is 0.912 bits per heavy atom. The van der Waals surface area contributed by atoms with Gasteiger partial charge in [-0.2, -0.15) is 0 Å². The summed E-state index contributed by atoms with van der Waals surface area (Å²) in [7, 11) is 1.56. The third-order valence-electron chi connectivity index (χ3n) is 13.5. The summed E-state index contributed by atoms with van der Waals surface area (Å²) < 4.78 is 5.29. The number of hydrogen-bond donors (Lipinski definition) is 1. The van der Waals surface area contributed by atoms with Gasteiger partial charge in [-0.15, -0.1) is 0 Å². The molecule has 4 saturated carbocycles. The van der Waals surface area contributed by atoms with E-state index >= 15 is 0 Å². The molecule has 9 atom stereocenters. The lowest BCUT2D eigenvalue weighted by Crippen LogP contribution is -2.64. The second-order valence-corrected chi connectivity index (χ2v) is 15.1. The van der Waals surface area contributed by atoms with Crippen LogP contribution in [-0.2, 0) is 9.53 Å². The van der Waals surface area contributed by atoms with Gasteiger partial charge in [0.05, 0.1) is 18.6 Å². The molecule has 0 aromatic rings. The number of fused-ring (bicyclic) bond motifs is 7. The number of ether oxygens (including phenoxy) is 1. The van der Waals surface area contributed by atoms with Crippen LogP contribution >= 0.6 is 0 Å². The molecule has 0 spiro atoms. The fourth-order valence-electron chi connectivity index (χ4n) is 10.8. The lowest BCUT2D eigenvalue weighted by molar-refractivity contribution is -0.203. The summed E-state index contributed by atoms with van der Waals surface area (Å²) in [5, 5.41) is 10.9. The molecule has 4 fully saturated rings. The molecule has 5 aliphatic carbocycles. The van der Waals surface area contributed by atoms with Gasteiger partial charge >= 0.3 is 5.97 Å². The first-order valence-electron chi connectivity index (χ1n) is 14.2. The zero-order valence-electron chi connectivity index (χ0n) is 23.2. The van der Waals surface area contributed by atoms with E-state index in [4.69, 9.17) is 4.74 Å². The normalized spacial score (nSPS) is 54.0. The number of rotatable bonds is 1. The van der Waals surface area contributed by atoms with Crippen LogP contribution in [-0.4, -0.2) is 24.3 Å². The van der Waals surface area contributed by atoms with Crippen molar-refractivity contribution in [3.63, 3.8) is 0 Å². The number of esters is 1. The van der Waals surface area contributed by atoms with Gasteiger partial charge in [0.15, 0.2) is 0 Å². The summed E-state index contributed by atoms with van der Waals surface area (Å²) >= 11 is 0. The predicted molar refractivity (Wildman–Crippen MR) is 137 cm³/mol. The highest BCUT2D eigenvalue weighted by Gasteiger charge is 2.68. The molecule has 192 valence electrons. The lowest BCUT2D eigenvalue weighted by Gasteiger charge is -2.71. The van der Waals surface area contributed by atoms with Crippen molar-refractivity contribution >= 4 is 5.97 Å². The predicted octanol–water partition coefficient (Wildman–Crippen LogP) is 7.32. The van der Waals surface area contributed by atoms with Gasteiger partial charge < -0.3 is 9.84 Å². The summed E-state index contributed by atoms with van der Waals surface area (Å²) in [6, 6.07) is 0. The van der Waals surface area contributed by atoms with Crippen molar-refractivity contribution in [2.75, 3.05) is 7.11 Å². The third-order valence-corrected chi connectivity index (χ3v) is 13.5. The van der Waals surface area contributed by atoms with Crippen LogP contribution in [0.1, 0.15) is 113 Å². The quantitative estimate of drug-likeness (QED) is 0.322. The van der Waals surface area contributed by atoms with Crippen LogP contribution in [0.25, 0.3) is 0 Å². The number of aliphatic hydroxyl groups excluding tert-OH is 1. The first kappa shape index (κ1) is 24.8. The monoisotopic (exact) mass is 470 g/mol. The fourth-order valence-corrected chi connectivity index (χ4v) is 10.8. The molecule has 5 rings (SSSR count). The minimum Gasteiger partial charge on any atom is -0.469 e. The molecule has 3 nitrogen and oxygen atoms in total. The SMILES string of the molecule is COC(=O)[C@]1(C)CC[C@]2(C)CC[C@]3(C)C(=CC[C@@H]4[C@@]5(C)CC[C@@H](O)C(C)(C)[C@@H]5CC[C@]43C)[C@@H]2C1. The van der Waals surface area contributed by atoms with E-state index < -0.39 is 0 Å². The van der Waals surface area contributed by atoms with Gasteiger partial charge in [-0.25, -0.2) is 0 Å². The van der Waals surface area contributed by atoms with E-state index in [1.54, 1.807) is 12.7 Å². The highest BCUT2D eigenvalue weighted by Crippen LogP contribution is 2.75. The molecular formula is C31H50O3. The van der Waals surface area contributed by atoms with Gasteiger partial charge in [-0.1, -0.05) is 53.2 Å². The van der Waals surface area contributed by atoms with Crippen LogP contribution in [0.15, 0.2) is 11.6 Å². The molecule has 0 amide bonds. The van der Waals surface area contributed by atoms with Crippen molar-refractivity contribution in [2.45, 2.75) is 119 Å². The Bertz CT molecular complexity index is 904. The topological polar surface area (TPSA) is 46.5 Å². The molecule has 1 N–H and O–H groups in total. The highest BCUT2D eigenvalue weighted by atomic mass is 16.5. The Morgan fingerprint density at radius 2 is 1.59 bits per heavy atom. The van der Waals surface area contributed by atoms with Crippen molar-refractivity contribution in [1.29, 1.82) is 0 Å². The van der Waals surface area contributed by atoms with E-state index in [1.807, 2.05) is 0 Å². The Morgan fingerprint density at radius 3 is 2.26 bits per heavy atom. The van der Waals surface area contributed by atoms with Crippen LogP contribution in [0.4, 0.5) is 0 Å². The lowest BCUT2D eigenvalue weighted by atomic mass is 9.33. The van der Waals surface area contributed by atoms with Crippen molar-refractivity contribution in [3.05, 3.63) is 11.6 Å². The van der Waals surface area contributed by atoms with E-state index in [-0.39, 0.29) is 39.1 Å². The van der Waals surface area contributed by atoms with Gasteiger partial charge in [0, 0.05) is 0 Å². The Labute approximate surface area is 208 Å². The number of hydrogen-bond acceptors (Lipinski definition) is 3. The first-order valence-corrected chi connectivity index (χ1v) is 14.2. The number of methoxy groups -OCH3 is 1. The summed E-state index contributed by atoms with van der Waals surface area (Å²) in [5.74, 6) is 1.72. The van der Waals surface area contributed by atoms with E-state index in [2.05, 4.69) is 54.5 Å². The Balaban J connectivity index is 1.56. The highest BCUT2D eigenvalue weighted by molar-refractivity contribution is 5.76. The van der Waals surface area contributed by atoms with Gasteiger partial charge in [0.1, 0.15) is 0 Å². The molecule has 5 aliphatic rings. The minimum atomic E-state index is -0.358. The van der Waals surface area contributed by atoms with Gasteiger partial charge in [-0.05, 0) is 116 Å². The molecule has 0 heterocycles. The smallest absolute Gasteiger partial charge is 0.311 e. The molecule has 3 heteroatoms. The molecule has 0 unspecified atom stereocenters. The second kappa shape index (κ2) is 7.36. The fraction of sp³-hybridized carbons (Fsp3) is 0.903. The summed E-state index contributed by atoms with van der Waals surface area (Å²) in [6.45, 7) is 17.1. The molecule has 0 radical (unpaired) electrons. The van der Waals surface area contributed by atoms with Gasteiger partial charge in [0.2, 0.25) is 0 Å². The molecule has 0 aromatic carbocycles. The van der Waals surface area contributed by atoms with E-state index in [9.17, 15) is 9.90 Å². The minimum absolute atomic E-state index is 0.00391. The third kappa shape index (κ3) is 2.94. The largest absolute Gasteiger partial charge is 0.469 e. The standard InChI is InChI=1S/C31H50O3/c1-26(2)22-11-14-31(7)23(29(22,5)13-12-24(26)32)10-9-20-21-19-28(4,25(33)34-8)16-15-27(21,3)17-18-30(20,31)6/h9,21-24,32H,10-19H2,1-8H3/t21-,22-,23+,24+,27+,28+,29-,30+,31+/m0/s1. The van der Waals surface area contributed by atoms with Crippen LogP contribution in [0.5, 0.6) is 0 Å². The maximum absolute atomic E-state index is 12.8. The van der Waals surface area contributed by atoms with Crippen molar-refractivity contribution in [3.8, 4) is 0 Å². The van der Waals surface area contributed by atoms with E-state index in [1.165, 1.54) is 32.1 Å². The van der Waals surface area contributed by atoms with Crippen molar-refractivity contribution < 1.29 is 14.6 Å². The molecule has 0 aromatic heterocycles. The summed E-state index contributed by atoms with van der Waals surface area (Å²) in [4.78, 5) is 12.8. The first-order chi connectivity index (χ1) is 15.7. The molecule has 34 heavy (non-hydrogen) atoms. The van der Waals surface area contributed by atoms with Gasteiger partial charge in [-0.3, -0.25) is 4.79 Å². The second-order valence-electron chi connectivity index (χ2n) is 15.1. The summed E-state index contributed by atoms with van der Waals surface area (Å²) in [6.07, 6.45) is 13.8. The number of aliphatic hydroxyl groups is 1. The van der Waals surface area contributed by atoms with Crippen LogP contribution in [0.3, 0.4) is 0 Å². The number of carbonyl (C=O) groups excluding carboxylic acids is 1. The van der Waals surface area contributed by atoms with Crippen molar-refractivity contribution in [1.82, 2.24) is 0 Å².